The molecule has 0 saturated carbocycles. The van der Waals surface area contributed by atoms with E-state index >= 15 is 0 Å². The third kappa shape index (κ3) is 4.75. The minimum Gasteiger partial charge on any atom is -0.497 e. The summed E-state index contributed by atoms with van der Waals surface area (Å²) in [5.41, 5.74) is 3.93. The number of aromatic nitrogens is 3. The van der Waals surface area contributed by atoms with Gasteiger partial charge in [-0.1, -0.05) is 30.0 Å². The zero-order valence-electron chi connectivity index (χ0n) is 18.0. The van der Waals surface area contributed by atoms with Crippen molar-refractivity contribution in [2.75, 3.05) is 12.9 Å². The average molecular weight is 452 g/mol. The first-order valence-electron chi connectivity index (χ1n) is 10.0. The number of ketones is 1. The number of hydrogen-bond acceptors (Lipinski definition) is 6. The van der Waals surface area contributed by atoms with Crippen LogP contribution in [0.5, 0.6) is 5.75 Å². The Bertz CT molecular complexity index is 1250. The van der Waals surface area contributed by atoms with Gasteiger partial charge in [-0.15, -0.1) is 10.2 Å². The number of methoxy groups -OCH3 is 1. The number of hydrogen-bond donors (Lipinski definition) is 0. The summed E-state index contributed by atoms with van der Waals surface area (Å²) in [6, 6.07) is 15.8. The van der Waals surface area contributed by atoms with E-state index in [0.29, 0.717) is 28.8 Å². The smallest absolute Gasteiger partial charge is 0.277 e. The highest BCUT2D eigenvalue weighted by molar-refractivity contribution is 7.99. The van der Waals surface area contributed by atoms with Gasteiger partial charge in [-0.3, -0.25) is 4.79 Å². The lowest BCUT2D eigenvalue weighted by Crippen LogP contribution is -2.05. The van der Waals surface area contributed by atoms with Crippen LogP contribution in [0.1, 0.15) is 33.2 Å². The molecule has 6 nitrogen and oxygen atoms in total. The van der Waals surface area contributed by atoms with Crippen LogP contribution in [-0.4, -0.2) is 33.4 Å². The summed E-state index contributed by atoms with van der Waals surface area (Å²) in [5.74, 6) is 1.05. The molecule has 2 aromatic heterocycles. The van der Waals surface area contributed by atoms with Crippen LogP contribution in [0.2, 0.25) is 0 Å². The van der Waals surface area contributed by atoms with Crippen molar-refractivity contribution in [3.05, 3.63) is 88.8 Å². The molecule has 2 aromatic carbocycles. The molecule has 2 heterocycles. The van der Waals surface area contributed by atoms with Crippen LogP contribution >= 0.6 is 11.8 Å². The maximum atomic E-state index is 13.7. The molecule has 0 fully saturated rings. The Hall–Kier alpha value is -3.39. The lowest BCUT2D eigenvalue weighted by atomic mass is 10.1. The van der Waals surface area contributed by atoms with Crippen molar-refractivity contribution >= 4 is 17.5 Å². The van der Waals surface area contributed by atoms with Crippen LogP contribution in [0.4, 0.5) is 4.39 Å². The molecule has 0 bridgehead atoms. The third-order valence-corrected chi connectivity index (χ3v) is 5.91. The standard InChI is InChI=1S/C24H22FN3O3S/c1-15-11-21(16(2)28(15)19-6-4-5-18(25)13-19)22(29)14-32-24-27-26-23(31-24)12-17-7-9-20(30-3)10-8-17/h4-11,13H,12,14H2,1-3H3. The summed E-state index contributed by atoms with van der Waals surface area (Å²) in [6.45, 7) is 3.75. The fraction of sp³-hybridized carbons (Fsp3) is 0.208. The van der Waals surface area contributed by atoms with Gasteiger partial charge in [-0.2, -0.15) is 0 Å². The van der Waals surface area contributed by atoms with E-state index in [-0.39, 0.29) is 17.4 Å². The quantitative estimate of drug-likeness (QED) is 0.271. The monoisotopic (exact) mass is 451 g/mol. The molecule has 0 amide bonds. The molecule has 4 rings (SSSR count). The Morgan fingerprint density at radius 3 is 2.62 bits per heavy atom. The Balaban J connectivity index is 1.41. The SMILES string of the molecule is COc1ccc(Cc2nnc(SCC(=O)c3cc(C)n(-c4cccc(F)c4)c3C)o2)cc1. The van der Waals surface area contributed by atoms with Crippen LogP contribution < -0.4 is 4.74 Å². The molecule has 0 aliphatic heterocycles. The van der Waals surface area contributed by atoms with Crippen LogP contribution in [0.15, 0.2) is 64.2 Å². The molecule has 4 aromatic rings. The Kier molecular flexibility index (Phi) is 6.41. The minimum atomic E-state index is -0.319. The molecule has 0 spiro atoms. The number of thioether (sulfide) groups is 1. The highest BCUT2D eigenvalue weighted by atomic mass is 32.2. The second-order valence-corrected chi connectivity index (χ2v) is 8.23. The van der Waals surface area contributed by atoms with Crippen molar-refractivity contribution in [1.82, 2.24) is 14.8 Å². The van der Waals surface area contributed by atoms with Crippen molar-refractivity contribution in [2.24, 2.45) is 0 Å². The fourth-order valence-electron chi connectivity index (χ4n) is 3.55. The van der Waals surface area contributed by atoms with E-state index in [1.54, 1.807) is 13.2 Å². The molecule has 0 aliphatic carbocycles. The normalized spacial score (nSPS) is 11.0. The molecule has 0 radical (unpaired) electrons. The summed E-state index contributed by atoms with van der Waals surface area (Å²) in [7, 11) is 1.62. The van der Waals surface area contributed by atoms with E-state index in [1.165, 1.54) is 23.9 Å². The van der Waals surface area contributed by atoms with Gasteiger partial charge < -0.3 is 13.7 Å². The summed E-state index contributed by atoms with van der Waals surface area (Å²) < 4.78 is 26.4. The number of aryl methyl sites for hydroxylation is 1. The maximum absolute atomic E-state index is 13.7. The molecule has 0 N–H and O–H groups in total. The largest absolute Gasteiger partial charge is 0.497 e. The van der Waals surface area contributed by atoms with Gasteiger partial charge in [0.15, 0.2) is 5.78 Å². The first-order chi connectivity index (χ1) is 15.4. The molecule has 8 heteroatoms. The predicted octanol–water partition coefficient (Wildman–Crippen LogP) is 5.19. The molecule has 0 atom stereocenters. The second-order valence-electron chi connectivity index (χ2n) is 7.30. The zero-order valence-corrected chi connectivity index (χ0v) is 18.8. The zero-order chi connectivity index (χ0) is 22.7. The van der Waals surface area contributed by atoms with Gasteiger partial charge in [0.05, 0.1) is 19.3 Å². The van der Waals surface area contributed by atoms with E-state index in [4.69, 9.17) is 9.15 Å². The highest BCUT2D eigenvalue weighted by Gasteiger charge is 2.18. The van der Waals surface area contributed by atoms with Crippen molar-refractivity contribution in [2.45, 2.75) is 25.5 Å². The van der Waals surface area contributed by atoms with E-state index in [9.17, 15) is 9.18 Å². The number of rotatable bonds is 8. The predicted molar refractivity (Wildman–Crippen MR) is 120 cm³/mol. The number of Topliss-reactive ketones (excluding diaryl/α,β-unsaturated/α-hetero) is 1. The van der Waals surface area contributed by atoms with Crippen molar-refractivity contribution in [3.8, 4) is 11.4 Å². The minimum absolute atomic E-state index is 0.0549. The Morgan fingerprint density at radius 1 is 1.12 bits per heavy atom. The Labute approximate surface area is 189 Å². The lowest BCUT2D eigenvalue weighted by molar-refractivity contribution is 0.102. The van der Waals surface area contributed by atoms with Crippen LogP contribution in [0, 0.1) is 19.7 Å². The van der Waals surface area contributed by atoms with Crippen LogP contribution in [0.25, 0.3) is 5.69 Å². The lowest BCUT2D eigenvalue weighted by Gasteiger charge is -2.09. The van der Waals surface area contributed by atoms with Crippen LogP contribution in [0.3, 0.4) is 0 Å². The number of carbonyl (C=O) groups excluding carboxylic acids is 1. The van der Waals surface area contributed by atoms with E-state index in [0.717, 1.165) is 22.7 Å². The molecular weight excluding hydrogens is 429 g/mol. The van der Waals surface area contributed by atoms with Gasteiger partial charge in [0.2, 0.25) is 5.89 Å². The Morgan fingerprint density at radius 2 is 1.91 bits per heavy atom. The topological polar surface area (TPSA) is 70.2 Å². The number of ether oxygens (including phenoxy) is 1. The molecule has 164 valence electrons. The first-order valence-corrected chi connectivity index (χ1v) is 11.0. The van der Waals surface area contributed by atoms with Gasteiger partial charge in [-0.25, -0.2) is 4.39 Å². The number of halogens is 1. The molecule has 32 heavy (non-hydrogen) atoms. The van der Waals surface area contributed by atoms with Gasteiger partial charge in [0, 0.05) is 22.6 Å². The van der Waals surface area contributed by atoms with E-state index in [1.807, 2.05) is 54.8 Å². The summed E-state index contributed by atoms with van der Waals surface area (Å²) in [5, 5.41) is 8.45. The molecule has 0 aliphatic rings. The first kappa shape index (κ1) is 21.8. The summed E-state index contributed by atoms with van der Waals surface area (Å²) >= 11 is 1.20. The van der Waals surface area contributed by atoms with Crippen LogP contribution in [-0.2, 0) is 6.42 Å². The van der Waals surface area contributed by atoms with Crippen molar-refractivity contribution in [3.63, 3.8) is 0 Å². The van der Waals surface area contributed by atoms with Crippen molar-refractivity contribution in [1.29, 1.82) is 0 Å². The highest BCUT2D eigenvalue weighted by Crippen LogP contribution is 2.25. The van der Waals surface area contributed by atoms with Gasteiger partial charge >= 0.3 is 0 Å². The number of carbonyl (C=O) groups is 1. The maximum Gasteiger partial charge on any atom is 0.277 e. The summed E-state index contributed by atoms with van der Waals surface area (Å²) in [4.78, 5) is 12.9. The molecular formula is C24H22FN3O3S. The summed E-state index contributed by atoms with van der Waals surface area (Å²) in [6.07, 6.45) is 0.500. The van der Waals surface area contributed by atoms with E-state index in [2.05, 4.69) is 10.2 Å². The van der Waals surface area contributed by atoms with Gasteiger partial charge in [-0.05, 0) is 55.8 Å². The molecule has 0 saturated heterocycles. The third-order valence-electron chi connectivity index (χ3n) is 5.09. The average Bonchev–Trinajstić information content (AvgIpc) is 3.36. The molecule has 0 unspecified atom stereocenters. The second kappa shape index (κ2) is 9.40. The van der Waals surface area contributed by atoms with Gasteiger partial charge in [0.25, 0.3) is 5.22 Å². The fourth-order valence-corrected chi connectivity index (χ4v) is 4.21. The van der Waals surface area contributed by atoms with E-state index < -0.39 is 0 Å². The number of nitrogens with zero attached hydrogens (tertiary/aromatic N) is 3. The van der Waals surface area contributed by atoms with Gasteiger partial charge in [0.1, 0.15) is 11.6 Å². The number of benzene rings is 2. The van der Waals surface area contributed by atoms with Crippen molar-refractivity contribution < 1.29 is 18.3 Å².